The lowest BCUT2D eigenvalue weighted by molar-refractivity contribution is 0.0680. The maximum Gasteiger partial charge on any atom is 0.354 e. The number of carboxylic acids is 1. The fourth-order valence-corrected chi connectivity index (χ4v) is 1.89. The molecule has 0 radical (unpaired) electrons. The van der Waals surface area contributed by atoms with Gasteiger partial charge in [-0.2, -0.15) is 5.10 Å². The van der Waals surface area contributed by atoms with Crippen LogP contribution in [-0.2, 0) is 13.2 Å². The molecule has 0 fully saturated rings. The molecule has 0 aliphatic rings. The van der Waals surface area contributed by atoms with Crippen molar-refractivity contribution in [2.24, 2.45) is 0 Å². The number of hydrogen-bond acceptors (Lipinski definition) is 3. The van der Waals surface area contributed by atoms with Crippen LogP contribution in [0.25, 0.3) is 0 Å². The molecule has 0 aliphatic carbocycles. The summed E-state index contributed by atoms with van der Waals surface area (Å²) in [4.78, 5) is 11.2. The Bertz CT molecular complexity index is 590. The normalized spacial score (nSPS) is 10.4. The highest BCUT2D eigenvalue weighted by molar-refractivity contribution is 5.87. The molecule has 5 heteroatoms. The second-order valence-corrected chi connectivity index (χ2v) is 4.19. The number of ether oxygens (including phenoxy) is 1. The molecule has 100 valence electrons. The van der Waals surface area contributed by atoms with Gasteiger partial charge in [-0.05, 0) is 25.5 Å². The number of carboxylic acid groups (broad SMARTS) is 1. The molecule has 1 aromatic carbocycles. The van der Waals surface area contributed by atoms with Crippen LogP contribution in [0.1, 0.15) is 28.5 Å². The van der Waals surface area contributed by atoms with E-state index in [9.17, 15) is 9.90 Å². The van der Waals surface area contributed by atoms with Crippen molar-refractivity contribution in [3.05, 3.63) is 47.3 Å². The summed E-state index contributed by atoms with van der Waals surface area (Å²) in [5.41, 5.74) is 1.79. The summed E-state index contributed by atoms with van der Waals surface area (Å²) >= 11 is 0. The lowest BCUT2D eigenvalue weighted by atomic mass is 10.2. The standard InChI is InChI=1S/C14H16N2O3/c1-3-16-13(14(17)18)11(8-15-16)9-19-12-7-5-4-6-10(12)2/h4-8H,3,9H2,1-2H3,(H,17,18). The van der Waals surface area contributed by atoms with E-state index in [-0.39, 0.29) is 12.3 Å². The lowest BCUT2D eigenvalue weighted by Crippen LogP contribution is -2.11. The van der Waals surface area contributed by atoms with Gasteiger partial charge in [-0.1, -0.05) is 18.2 Å². The quantitative estimate of drug-likeness (QED) is 0.897. The molecule has 0 spiro atoms. The van der Waals surface area contributed by atoms with Crippen molar-refractivity contribution in [1.82, 2.24) is 9.78 Å². The van der Waals surface area contributed by atoms with Crippen molar-refractivity contribution in [2.75, 3.05) is 0 Å². The van der Waals surface area contributed by atoms with Gasteiger partial charge >= 0.3 is 5.97 Å². The number of para-hydroxylation sites is 1. The van der Waals surface area contributed by atoms with Crippen LogP contribution in [0.3, 0.4) is 0 Å². The van der Waals surface area contributed by atoms with Crippen molar-refractivity contribution in [2.45, 2.75) is 27.0 Å². The fraction of sp³-hybridized carbons (Fsp3) is 0.286. The monoisotopic (exact) mass is 260 g/mol. The minimum Gasteiger partial charge on any atom is -0.488 e. The van der Waals surface area contributed by atoms with E-state index in [0.717, 1.165) is 11.3 Å². The number of rotatable bonds is 5. The number of aromatic nitrogens is 2. The second kappa shape index (κ2) is 5.56. The Morgan fingerprint density at radius 3 is 2.79 bits per heavy atom. The number of carbonyl (C=O) groups is 1. The van der Waals surface area contributed by atoms with Crippen LogP contribution in [0.4, 0.5) is 0 Å². The average Bonchev–Trinajstić information content (AvgIpc) is 2.81. The van der Waals surface area contributed by atoms with Crippen molar-refractivity contribution < 1.29 is 14.6 Å². The Balaban J connectivity index is 2.18. The van der Waals surface area contributed by atoms with Gasteiger partial charge in [0.15, 0.2) is 5.69 Å². The van der Waals surface area contributed by atoms with Crippen molar-refractivity contribution >= 4 is 5.97 Å². The Kier molecular flexibility index (Phi) is 3.85. The molecule has 1 heterocycles. The third kappa shape index (κ3) is 2.76. The van der Waals surface area contributed by atoms with E-state index in [4.69, 9.17) is 4.74 Å². The van der Waals surface area contributed by atoms with E-state index >= 15 is 0 Å². The van der Waals surface area contributed by atoms with Gasteiger partial charge in [0.2, 0.25) is 0 Å². The molecule has 2 rings (SSSR count). The minimum absolute atomic E-state index is 0.191. The Hall–Kier alpha value is -2.30. The highest BCUT2D eigenvalue weighted by Gasteiger charge is 2.17. The molecule has 0 amide bonds. The van der Waals surface area contributed by atoms with Crippen LogP contribution in [0.5, 0.6) is 5.75 Å². The van der Waals surface area contributed by atoms with E-state index in [1.807, 2.05) is 38.1 Å². The summed E-state index contributed by atoms with van der Waals surface area (Å²) in [7, 11) is 0. The SMILES string of the molecule is CCn1ncc(COc2ccccc2C)c1C(=O)O. The summed E-state index contributed by atoms with van der Waals surface area (Å²) in [6.45, 7) is 4.52. The van der Waals surface area contributed by atoms with Crippen molar-refractivity contribution in [3.8, 4) is 5.75 Å². The van der Waals surface area contributed by atoms with Crippen LogP contribution >= 0.6 is 0 Å². The molecule has 2 aromatic rings. The fourth-order valence-electron chi connectivity index (χ4n) is 1.89. The first-order chi connectivity index (χ1) is 9.13. The molecule has 1 N–H and O–H groups in total. The highest BCUT2D eigenvalue weighted by Crippen LogP contribution is 2.19. The molecule has 0 atom stereocenters. The van der Waals surface area contributed by atoms with Gasteiger partial charge in [0.05, 0.1) is 6.20 Å². The molecule has 1 aromatic heterocycles. The Morgan fingerprint density at radius 1 is 1.42 bits per heavy atom. The molecule has 19 heavy (non-hydrogen) atoms. The predicted molar refractivity (Wildman–Crippen MR) is 70.4 cm³/mol. The zero-order valence-corrected chi connectivity index (χ0v) is 11.0. The summed E-state index contributed by atoms with van der Waals surface area (Å²) < 4.78 is 7.11. The van der Waals surface area contributed by atoms with E-state index in [0.29, 0.717) is 12.1 Å². The van der Waals surface area contributed by atoms with Gasteiger partial charge in [-0.15, -0.1) is 0 Å². The van der Waals surface area contributed by atoms with Crippen molar-refractivity contribution in [3.63, 3.8) is 0 Å². The summed E-state index contributed by atoms with van der Waals surface area (Å²) in [5.74, 6) is -0.231. The van der Waals surface area contributed by atoms with E-state index in [2.05, 4.69) is 5.10 Å². The molecule has 0 saturated heterocycles. The van der Waals surface area contributed by atoms with Gasteiger partial charge in [-0.3, -0.25) is 4.68 Å². The highest BCUT2D eigenvalue weighted by atomic mass is 16.5. The third-order valence-electron chi connectivity index (χ3n) is 2.89. The Morgan fingerprint density at radius 2 is 2.16 bits per heavy atom. The summed E-state index contributed by atoms with van der Waals surface area (Å²) in [6.07, 6.45) is 1.55. The maximum absolute atomic E-state index is 11.2. The Labute approximate surface area is 111 Å². The van der Waals surface area contributed by atoms with Crippen LogP contribution in [0, 0.1) is 6.92 Å². The molecule has 0 saturated carbocycles. The van der Waals surface area contributed by atoms with Crippen LogP contribution in [-0.4, -0.2) is 20.9 Å². The third-order valence-corrected chi connectivity index (χ3v) is 2.89. The molecule has 0 unspecified atom stereocenters. The average molecular weight is 260 g/mol. The van der Waals surface area contributed by atoms with Crippen LogP contribution < -0.4 is 4.74 Å². The van der Waals surface area contributed by atoms with E-state index < -0.39 is 5.97 Å². The zero-order valence-electron chi connectivity index (χ0n) is 11.0. The molecular weight excluding hydrogens is 244 g/mol. The van der Waals surface area contributed by atoms with Crippen molar-refractivity contribution in [1.29, 1.82) is 0 Å². The second-order valence-electron chi connectivity index (χ2n) is 4.19. The molecular formula is C14H16N2O3. The van der Waals surface area contributed by atoms with Gasteiger partial charge < -0.3 is 9.84 Å². The first-order valence-electron chi connectivity index (χ1n) is 6.10. The first kappa shape index (κ1) is 13.1. The smallest absolute Gasteiger partial charge is 0.354 e. The molecule has 0 aliphatic heterocycles. The number of nitrogens with zero attached hydrogens (tertiary/aromatic N) is 2. The number of benzene rings is 1. The lowest BCUT2D eigenvalue weighted by Gasteiger charge is -2.08. The van der Waals surface area contributed by atoms with E-state index in [1.54, 1.807) is 6.20 Å². The molecule has 0 bridgehead atoms. The topological polar surface area (TPSA) is 64.4 Å². The van der Waals surface area contributed by atoms with Crippen LogP contribution in [0.15, 0.2) is 30.5 Å². The van der Waals surface area contributed by atoms with Gasteiger partial charge in [0.25, 0.3) is 0 Å². The largest absolute Gasteiger partial charge is 0.488 e. The van der Waals surface area contributed by atoms with E-state index in [1.165, 1.54) is 4.68 Å². The number of aromatic carboxylic acids is 1. The zero-order chi connectivity index (χ0) is 13.8. The van der Waals surface area contributed by atoms with Gasteiger partial charge in [0.1, 0.15) is 12.4 Å². The first-order valence-corrected chi connectivity index (χ1v) is 6.10. The number of aryl methyl sites for hydroxylation is 2. The van der Waals surface area contributed by atoms with Gasteiger partial charge in [-0.25, -0.2) is 4.79 Å². The summed E-state index contributed by atoms with van der Waals surface area (Å²) in [5, 5.41) is 13.2. The van der Waals surface area contributed by atoms with Gasteiger partial charge in [0, 0.05) is 12.1 Å². The number of hydrogen-bond donors (Lipinski definition) is 1. The van der Waals surface area contributed by atoms with Crippen LogP contribution in [0.2, 0.25) is 0 Å². The summed E-state index contributed by atoms with van der Waals surface area (Å²) in [6, 6.07) is 7.62. The molecule has 5 nitrogen and oxygen atoms in total. The maximum atomic E-state index is 11.2. The minimum atomic E-state index is -0.984. The predicted octanol–water partition coefficient (Wildman–Crippen LogP) is 2.49.